The van der Waals surface area contributed by atoms with Crippen LogP contribution in [0.3, 0.4) is 0 Å². The van der Waals surface area contributed by atoms with Crippen molar-refractivity contribution in [3.8, 4) is 23.0 Å². The van der Waals surface area contributed by atoms with Crippen LogP contribution in [0.1, 0.15) is 11.3 Å². The molecule has 128 valence electrons. The van der Waals surface area contributed by atoms with Crippen molar-refractivity contribution in [2.45, 2.75) is 6.54 Å². The van der Waals surface area contributed by atoms with Gasteiger partial charge < -0.3 is 18.9 Å². The largest absolute Gasteiger partial charge is 0.363 e. The van der Waals surface area contributed by atoms with Gasteiger partial charge >= 0.3 is 0 Å². The number of hydrogen-bond acceptors (Lipinski definition) is 6. The van der Waals surface area contributed by atoms with Crippen LogP contribution in [0.5, 0.6) is 0 Å². The normalized spacial score (nSPS) is 10.6. The third kappa shape index (κ3) is 3.06. The molecule has 8 heteroatoms. The molecule has 0 bridgehead atoms. The van der Waals surface area contributed by atoms with Gasteiger partial charge in [-0.15, -0.1) is 0 Å². The van der Waals surface area contributed by atoms with Crippen LogP contribution in [0.15, 0.2) is 64.1 Å². The Morgan fingerprint density at radius 2 is 2.12 bits per heavy atom. The van der Waals surface area contributed by atoms with E-state index < -0.39 is 5.82 Å². The number of nitrogens with one attached hydrogen (secondary N) is 1. The van der Waals surface area contributed by atoms with E-state index in [0.717, 1.165) is 0 Å². The van der Waals surface area contributed by atoms with Gasteiger partial charge in [0.1, 0.15) is 23.8 Å². The highest BCUT2D eigenvalue weighted by molar-refractivity contribution is 5.61. The monoisotopic (exact) mass is 349 g/mol. The zero-order chi connectivity index (χ0) is 17.9. The summed E-state index contributed by atoms with van der Waals surface area (Å²) in [5, 5.41) is 19.6. The molecule has 0 aliphatic carbocycles. The molecule has 0 amide bonds. The van der Waals surface area contributed by atoms with Crippen LogP contribution in [-0.2, 0) is 6.54 Å². The Labute approximate surface area is 147 Å². The second kappa shape index (κ2) is 6.57. The maximum atomic E-state index is 14.5. The van der Waals surface area contributed by atoms with E-state index in [2.05, 4.69) is 15.6 Å². The number of benzene rings is 1. The van der Waals surface area contributed by atoms with Gasteiger partial charge in [0.2, 0.25) is 0 Å². The van der Waals surface area contributed by atoms with Crippen LogP contribution >= 0.6 is 0 Å². The van der Waals surface area contributed by atoms with Crippen molar-refractivity contribution in [1.29, 1.82) is 5.26 Å². The highest BCUT2D eigenvalue weighted by Gasteiger charge is 2.11. The Morgan fingerprint density at radius 3 is 2.85 bits per heavy atom. The average Bonchev–Trinajstić information content (AvgIpc) is 3.40. The molecule has 0 unspecified atom stereocenters. The molecule has 0 spiro atoms. The molecule has 26 heavy (non-hydrogen) atoms. The summed E-state index contributed by atoms with van der Waals surface area (Å²) in [6.45, 7) is 0.375. The number of halogens is 1. The summed E-state index contributed by atoms with van der Waals surface area (Å²) < 4.78 is 26.0. The first-order chi connectivity index (χ1) is 12.7. The van der Waals surface area contributed by atoms with Crippen molar-refractivity contribution >= 4 is 5.82 Å². The van der Waals surface area contributed by atoms with E-state index in [-0.39, 0.29) is 0 Å². The molecule has 0 atom stereocenters. The predicted octanol–water partition coefficient (Wildman–Crippen LogP) is 3.74. The summed E-state index contributed by atoms with van der Waals surface area (Å²) in [4.78, 5) is 0. The average molecular weight is 349 g/mol. The van der Waals surface area contributed by atoms with Gasteiger partial charge in [0.15, 0.2) is 11.6 Å². The van der Waals surface area contributed by atoms with Crippen molar-refractivity contribution < 1.29 is 13.4 Å². The molecular formula is C18H12FN5O2. The van der Waals surface area contributed by atoms with E-state index in [9.17, 15) is 4.39 Å². The molecule has 0 fully saturated rings. The molecule has 1 aromatic carbocycles. The van der Waals surface area contributed by atoms with Gasteiger partial charge in [0, 0.05) is 30.1 Å². The fourth-order valence-corrected chi connectivity index (χ4v) is 2.50. The summed E-state index contributed by atoms with van der Waals surface area (Å²) in [5.41, 5.74) is 1.94. The molecule has 0 aliphatic rings. The quantitative estimate of drug-likeness (QED) is 0.590. The van der Waals surface area contributed by atoms with Gasteiger partial charge in [-0.3, -0.25) is 0 Å². The van der Waals surface area contributed by atoms with E-state index in [0.29, 0.717) is 40.6 Å². The Kier molecular flexibility index (Phi) is 3.95. The van der Waals surface area contributed by atoms with E-state index in [1.165, 1.54) is 12.3 Å². The Morgan fingerprint density at radius 1 is 1.19 bits per heavy atom. The first-order valence-electron chi connectivity index (χ1n) is 7.71. The van der Waals surface area contributed by atoms with E-state index in [1.807, 2.05) is 6.07 Å². The first kappa shape index (κ1) is 15.7. The first-order valence-corrected chi connectivity index (χ1v) is 7.71. The Hall–Kier alpha value is -3.86. The lowest BCUT2D eigenvalue weighted by molar-refractivity contribution is 0.389. The fourth-order valence-electron chi connectivity index (χ4n) is 2.50. The highest BCUT2D eigenvalue weighted by Crippen LogP contribution is 2.24. The molecular weight excluding hydrogens is 337 g/mol. The van der Waals surface area contributed by atoms with E-state index >= 15 is 0 Å². The minimum absolute atomic E-state index is 0.353. The number of aromatic nitrogens is 3. The maximum absolute atomic E-state index is 14.5. The lowest BCUT2D eigenvalue weighted by Gasteiger charge is -2.05. The summed E-state index contributed by atoms with van der Waals surface area (Å²) in [5.74, 6) is 0.742. The third-order valence-corrected chi connectivity index (χ3v) is 3.78. The molecule has 4 rings (SSSR count). The maximum Gasteiger partial charge on any atom is 0.169 e. The number of nitriles is 1. The minimum Gasteiger partial charge on any atom is -0.363 e. The third-order valence-electron chi connectivity index (χ3n) is 3.78. The van der Waals surface area contributed by atoms with Crippen molar-refractivity contribution in [3.63, 3.8) is 0 Å². The van der Waals surface area contributed by atoms with Crippen molar-refractivity contribution in [2.24, 2.45) is 0 Å². The van der Waals surface area contributed by atoms with Crippen LogP contribution < -0.4 is 5.32 Å². The van der Waals surface area contributed by atoms with Gasteiger partial charge in [0.05, 0.1) is 17.8 Å². The number of hydrogen-bond donors (Lipinski definition) is 1. The summed E-state index contributed by atoms with van der Waals surface area (Å²) in [6.07, 6.45) is 4.67. The molecule has 3 heterocycles. The second-order valence-corrected chi connectivity index (χ2v) is 5.50. The molecule has 1 N–H and O–H groups in total. The van der Waals surface area contributed by atoms with Crippen molar-refractivity contribution in [2.75, 3.05) is 5.32 Å². The zero-order valence-corrected chi connectivity index (χ0v) is 13.4. The molecule has 0 saturated carbocycles. The van der Waals surface area contributed by atoms with Gasteiger partial charge in [-0.05, 0) is 18.2 Å². The second-order valence-electron chi connectivity index (χ2n) is 5.50. The lowest BCUT2D eigenvalue weighted by atomic mass is 10.1. The summed E-state index contributed by atoms with van der Waals surface area (Å²) in [6, 6.07) is 11.8. The number of nitrogens with zero attached hydrogens (tertiary/aromatic N) is 4. The predicted molar refractivity (Wildman–Crippen MR) is 89.8 cm³/mol. The number of rotatable bonds is 5. The Balaban J connectivity index is 1.53. The molecule has 0 radical (unpaired) electrons. The molecule has 0 aliphatic heterocycles. The molecule has 4 aromatic rings. The van der Waals surface area contributed by atoms with Crippen molar-refractivity contribution in [3.05, 3.63) is 72.2 Å². The van der Waals surface area contributed by atoms with Crippen LogP contribution in [-0.4, -0.2) is 14.9 Å². The van der Waals surface area contributed by atoms with Gasteiger partial charge in [0.25, 0.3) is 0 Å². The van der Waals surface area contributed by atoms with Crippen LogP contribution in [0, 0.1) is 17.1 Å². The van der Waals surface area contributed by atoms with Gasteiger partial charge in [-0.1, -0.05) is 16.4 Å². The topological polar surface area (TPSA) is 92.8 Å². The van der Waals surface area contributed by atoms with Crippen LogP contribution in [0.25, 0.3) is 16.9 Å². The zero-order valence-electron chi connectivity index (χ0n) is 13.4. The molecule has 3 aromatic heterocycles. The number of anilines is 1. The standard InChI is InChI=1S/C18H12FN5O2/c19-15-7-13(1-2-17(15)24-5-3-12(9-20)11-24)16-8-14(26-22-16)10-21-18-4-6-25-23-18/h1-8,11H,10H2,(H,21,23). The van der Waals surface area contributed by atoms with Crippen molar-refractivity contribution in [1.82, 2.24) is 14.9 Å². The highest BCUT2D eigenvalue weighted by atomic mass is 19.1. The lowest BCUT2D eigenvalue weighted by Crippen LogP contribution is -1.97. The summed E-state index contributed by atoms with van der Waals surface area (Å²) in [7, 11) is 0. The van der Waals surface area contributed by atoms with Gasteiger partial charge in [-0.25, -0.2) is 4.39 Å². The molecule has 7 nitrogen and oxygen atoms in total. The Bertz CT molecular complexity index is 1080. The fraction of sp³-hybridized carbons (Fsp3) is 0.0556. The van der Waals surface area contributed by atoms with Gasteiger partial charge in [-0.2, -0.15) is 5.26 Å². The van der Waals surface area contributed by atoms with Crippen LogP contribution in [0.4, 0.5) is 10.2 Å². The van der Waals surface area contributed by atoms with Crippen LogP contribution in [0.2, 0.25) is 0 Å². The summed E-state index contributed by atoms with van der Waals surface area (Å²) >= 11 is 0. The smallest absolute Gasteiger partial charge is 0.169 e. The van der Waals surface area contributed by atoms with E-state index in [1.54, 1.807) is 47.3 Å². The van der Waals surface area contributed by atoms with E-state index in [4.69, 9.17) is 14.3 Å². The SMILES string of the molecule is N#Cc1ccn(-c2ccc(-c3cc(CNc4ccon4)on3)cc2F)c1. The molecule has 0 saturated heterocycles. The minimum atomic E-state index is -0.423.